The first-order valence-corrected chi connectivity index (χ1v) is 16.2. The molecule has 12 unspecified atom stereocenters. The van der Waals surface area contributed by atoms with E-state index in [0.717, 1.165) is 25.7 Å². The summed E-state index contributed by atoms with van der Waals surface area (Å²) < 4.78 is 6.05. The maximum absolute atomic E-state index is 13.1. The standard InChI is InChI=1S/C35H56O7/c1-9-20(2)29(41)42-28-27(40)30(3,4)16-22-21-10-11-24-31(5)14-13-25(38)32(6,18-36)23(31)12-15-33(24,7)34(21,8)17-26(39)35(22,28)19-37/h9-10,22-28,36-40H,11-19H2,1-8H3/b20-9-. The van der Waals surface area contributed by atoms with E-state index in [4.69, 9.17) is 4.74 Å². The van der Waals surface area contributed by atoms with Gasteiger partial charge in [-0.2, -0.15) is 0 Å². The van der Waals surface area contributed by atoms with E-state index in [1.165, 1.54) is 5.57 Å². The SMILES string of the molecule is C/C=C(/C)C(=O)OC1C(O)C(C)(C)CC2C3=CCC4C5(C)CCC(O)C(C)(CO)C5CCC4(C)C3(C)CC(O)C21CO. The van der Waals surface area contributed by atoms with E-state index in [1.54, 1.807) is 19.9 Å². The van der Waals surface area contributed by atoms with Crippen LogP contribution in [0.5, 0.6) is 0 Å². The fraction of sp³-hybridized carbons (Fsp3) is 0.857. The highest BCUT2D eigenvalue weighted by Crippen LogP contribution is 2.75. The van der Waals surface area contributed by atoms with Gasteiger partial charge in [0.2, 0.25) is 0 Å². The number of aliphatic hydroxyl groups is 5. The average Bonchev–Trinajstić information content (AvgIpc) is 2.93. The molecule has 0 radical (unpaired) electrons. The van der Waals surface area contributed by atoms with Gasteiger partial charge in [-0.3, -0.25) is 0 Å². The summed E-state index contributed by atoms with van der Waals surface area (Å²) in [5.41, 5.74) is -1.30. The molecule has 7 heteroatoms. The number of hydrogen-bond acceptors (Lipinski definition) is 7. The second-order valence-electron chi connectivity index (χ2n) is 16.5. The third kappa shape index (κ3) is 3.92. The lowest BCUT2D eigenvalue weighted by atomic mass is 9.33. The summed E-state index contributed by atoms with van der Waals surface area (Å²) in [6.07, 6.45) is 5.68. The molecule has 5 N–H and O–H groups in total. The molecule has 0 aromatic heterocycles. The highest BCUT2D eigenvalue weighted by molar-refractivity contribution is 5.87. The van der Waals surface area contributed by atoms with Gasteiger partial charge < -0.3 is 30.3 Å². The summed E-state index contributed by atoms with van der Waals surface area (Å²) in [7, 11) is 0. The summed E-state index contributed by atoms with van der Waals surface area (Å²) in [5, 5.41) is 56.5. The number of fused-ring (bicyclic) bond motifs is 7. The molecule has 0 spiro atoms. The lowest BCUT2D eigenvalue weighted by Gasteiger charge is -2.72. The summed E-state index contributed by atoms with van der Waals surface area (Å²) in [6, 6.07) is 0. The van der Waals surface area contributed by atoms with Crippen LogP contribution >= 0.6 is 0 Å². The van der Waals surface area contributed by atoms with Crippen molar-refractivity contribution in [2.45, 2.75) is 125 Å². The van der Waals surface area contributed by atoms with Gasteiger partial charge >= 0.3 is 5.97 Å². The smallest absolute Gasteiger partial charge is 0.333 e. The highest BCUT2D eigenvalue weighted by Gasteiger charge is 2.73. The third-order valence-electron chi connectivity index (χ3n) is 14.5. The van der Waals surface area contributed by atoms with Gasteiger partial charge in [-0.25, -0.2) is 4.79 Å². The zero-order valence-corrected chi connectivity index (χ0v) is 27.1. The molecular formula is C35H56O7. The Hall–Kier alpha value is -1.25. The van der Waals surface area contributed by atoms with Crippen molar-refractivity contribution in [2.75, 3.05) is 13.2 Å². The van der Waals surface area contributed by atoms with E-state index in [-0.39, 0.29) is 41.3 Å². The van der Waals surface area contributed by atoms with Gasteiger partial charge in [0, 0.05) is 11.0 Å². The number of rotatable bonds is 4. The summed E-state index contributed by atoms with van der Waals surface area (Å²) in [6.45, 7) is 16.1. The van der Waals surface area contributed by atoms with Crippen LogP contribution < -0.4 is 0 Å². The van der Waals surface area contributed by atoms with Crippen molar-refractivity contribution in [1.82, 2.24) is 0 Å². The van der Waals surface area contributed by atoms with Gasteiger partial charge in [0.15, 0.2) is 0 Å². The molecule has 5 rings (SSSR count). The number of esters is 1. The minimum atomic E-state index is -1.21. The van der Waals surface area contributed by atoms with Gasteiger partial charge in [0.1, 0.15) is 6.10 Å². The minimum Gasteiger partial charge on any atom is -0.455 e. The Bertz CT molecular complexity index is 1160. The molecule has 0 aromatic carbocycles. The van der Waals surface area contributed by atoms with Gasteiger partial charge in [0.05, 0.1) is 36.9 Å². The Kier molecular flexibility index (Phi) is 7.76. The van der Waals surface area contributed by atoms with Crippen LogP contribution in [0.4, 0.5) is 0 Å². The molecule has 5 aliphatic carbocycles. The van der Waals surface area contributed by atoms with Crippen molar-refractivity contribution in [1.29, 1.82) is 0 Å². The van der Waals surface area contributed by atoms with Crippen LogP contribution in [-0.2, 0) is 9.53 Å². The highest BCUT2D eigenvalue weighted by atomic mass is 16.6. The van der Waals surface area contributed by atoms with Crippen molar-refractivity contribution in [3.8, 4) is 0 Å². The van der Waals surface area contributed by atoms with E-state index >= 15 is 0 Å². The summed E-state index contributed by atoms with van der Waals surface area (Å²) >= 11 is 0. The Balaban J connectivity index is 1.62. The van der Waals surface area contributed by atoms with Crippen molar-refractivity contribution in [2.24, 2.45) is 50.2 Å². The molecule has 4 saturated carbocycles. The monoisotopic (exact) mass is 588 g/mol. The second kappa shape index (κ2) is 10.1. The second-order valence-corrected chi connectivity index (χ2v) is 16.5. The number of carbonyl (C=O) groups is 1. The lowest BCUT2D eigenvalue weighted by Crippen LogP contribution is -2.72. The van der Waals surface area contributed by atoms with Crippen LogP contribution in [0.15, 0.2) is 23.3 Å². The Morgan fingerprint density at radius 1 is 0.952 bits per heavy atom. The van der Waals surface area contributed by atoms with Gasteiger partial charge in [0.25, 0.3) is 0 Å². The third-order valence-corrected chi connectivity index (χ3v) is 14.5. The van der Waals surface area contributed by atoms with Crippen LogP contribution in [0.1, 0.15) is 100 Å². The topological polar surface area (TPSA) is 127 Å². The van der Waals surface area contributed by atoms with E-state index in [0.29, 0.717) is 30.8 Å². The molecule has 238 valence electrons. The van der Waals surface area contributed by atoms with Gasteiger partial charge in [-0.05, 0) is 98.2 Å². The maximum Gasteiger partial charge on any atom is 0.333 e. The molecule has 12 atom stereocenters. The number of carbonyl (C=O) groups excluding carboxylic acids is 1. The van der Waals surface area contributed by atoms with Crippen LogP contribution in [-0.4, -0.2) is 69.1 Å². The molecule has 42 heavy (non-hydrogen) atoms. The Morgan fingerprint density at radius 3 is 2.21 bits per heavy atom. The van der Waals surface area contributed by atoms with E-state index in [9.17, 15) is 30.3 Å². The zero-order chi connectivity index (χ0) is 31.3. The largest absolute Gasteiger partial charge is 0.455 e. The fourth-order valence-corrected chi connectivity index (χ4v) is 11.4. The van der Waals surface area contributed by atoms with Crippen molar-refractivity contribution >= 4 is 5.97 Å². The predicted molar refractivity (Wildman–Crippen MR) is 161 cm³/mol. The van der Waals surface area contributed by atoms with Crippen LogP contribution in [0.2, 0.25) is 0 Å². The van der Waals surface area contributed by atoms with Crippen LogP contribution in [0.3, 0.4) is 0 Å². The summed E-state index contributed by atoms with van der Waals surface area (Å²) in [5.74, 6) is -0.299. The van der Waals surface area contributed by atoms with E-state index < -0.39 is 46.6 Å². The van der Waals surface area contributed by atoms with E-state index in [1.807, 2.05) is 13.8 Å². The number of ether oxygens (including phenoxy) is 1. The Morgan fingerprint density at radius 2 is 1.62 bits per heavy atom. The molecule has 0 saturated heterocycles. The molecule has 0 aromatic rings. The first kappa shape index (κ1) is 32.2. The molecule has 0 amide bonds. The fourth-order valence-electron chi connectivity index (χ4n) is 11.4. The molecule has 4 fully saturated rings. The number of hydrogen-bond donors (Lipinski definition) is 5. The van der Waals surface area contributed by atoms with Gasteiger partial charge in [-0.15, -0.1) is 0 Å². The van der Waals surface area contributed by atoms with Gasteiger partial charge in [-0.1, -0.05) is 59.3 Å². The average molecular weight is 589 g/mol. The van der Waals surface area contributed by atoms with Crippen LogP contribution in [0.25, 0.3) is 0 Å². The van der Waals surface area contributed by atoms with Crippen molar-refractivity contribution in [3.05, 3.63) is 23.3 Å². The first-order valence-electron chi connectivity index (χ1n) is 16.2. The molecule has 7 nitrogen and oxygen atoms in total. The normalized spacial score (nSPS) is 51.8. The summed E-state index contributed by atoms with van der Waals surface area (Å²) in [4.78, 5) is 13.1. The maximum atomic E-state index is 13.1. The minimum absolute atomic E-state index is 0.0275. The number of allylic oxidation sites excluding steroid dienone is 3. The molecule has 0 bridgehead atoms. The van der Waals surface area contributed by atoms with Crippen molar-refractivity contribution in [3.63, 3.8) is 0 Å². The molecule has 0 aliphatic heterocycles. The predicted octanol–water partition coefficient (Wildman–Crippen LogP) is 4.54. The lowest BCUT2D eigenvalue weighted by molar-refractivity contribution is -0.263. The first-order chi connectivity index (χ1) is 19.4. The zero-order valence-electron chi connectivity index (χ0n) is 27.1. The molecule has 0 heterocycles. The Labute approximate surface area is 252 Å². The van der Waals surface area contributed by atoms with E-state index in [2.05, 4.69) is 33.8 Å². The molecule has 5 aliphatic rings. The quantitative estimate of drug-likeness (QED) is 0.185. The van der Waals surface area contributed by atoms with Crippen molar-refractivity contribution < 1.29 is 35.1 Å². The van der Waals surface area contributed by atoms with Crippen LogP contribution in [0, 0.1) is 50.2 Å². The molecular weight excluding hydrogens is 532 g/mol. The number of aliphatic hydroxyl groups excluding tert-OH is 5.